The molecule has 4 nitrogen and oxygen atoms in total. The first-order chi connectivity index (χ1) is 12.9. The van der Waals surface area contributed by atoms with Crippen molar-refractivity contribution in [1.29, 1.82) is 0 Å². The standard InChI is InChI=1S/C22H30FNO3/c1-21(2)14-12-16-19(15-6-4-5-7-17(15)23)27-11-9-22(16,13-14)20(21)24-18(25)8-10-26-3/h4-7,14,16,19-20H,8-13H2,1-3H3,(H,24,25)/t14-,16-,19-,20+,22?/m1/s1. The largest absolute Gasteiger partial charge is 0.384 e. The van der Waals surface area contributed by atoms with Gasteiger partial charge in [0.05, 0.1) is 12.7 Å². The molecule has 2 aliphatic carbocycles. The van der Waals surface area contributed by atoms with Crippen molar-refractivity contribution < 1.29 is 18.7 Å². The second kappa shape index (κ2) is 6.85. The third-order valence-corrected chi connectivity index (χ3v) is 7.56. The highest BCUT2D eigenvalue weighted by Crippen LogP contribution is 2.70. The van der Waals surface area contributed by atoms with Crippen LogP contribution >= 0.6 is 0 Å². The summed E-state index contributed by atoms with van der Waals surface area (Å²) in [5.74, 6) is 0.617. The Morgan fingerprint density at radius 1 is 1.37 bits per heavy atom. The van der Waals surface area contributed by atoms with Crippen LogP contribution in [0.5, 0.6) is 0 Å². The molecule has 1 amide bonds. The molecule has 1 aromatic rings. The van der Waals surface area contributed by atoms with Gasteiger partial charge in [-0.3, -0.25) is 4.79 Å². The lowest BCUT2D eigenvalue weighted by Crippen LogP contribution is -2.59. The van der Waals surface area contributed by atoms with Crippen LogP contribution in [0, 0.1) is 28.5 Å². The van der Waals surface area contributed by atoms with E-state index < -0.39 is 0 Å². The molecule has 1 saturated heterocycles. The molecule has 1 aliphatic heterocycles. The van der Waals surface area contributed by atoms with Crippen molar-refractivity contribution >= 4 is 5.91 Å². The molecule has 2 bridgehead atoms. The van der Waals surface area contributed by atoms with Gasteiger partial charge >= 0.3 is 0 Å². The Morgan fingerprint density at radius 3 is 2.89 bits per heavy atom. The van der Waals surface area contributed by atoms with Gasteiger partial charge in [0.25, 0.3) is 0 Å². The number of methoxy groups -OCH3 is 1. The molecule has 1 heterocycles. The van der Waals surface area contributed by atoms with Crippen LogP contribution in [0.1, 0.15) is 51.2 Å². The van der Waals surface area contributed by atoms with Gasteiger partial charge < -0.3 is 14.8 Å². The lowest BCUT2D eigenvalue weighted by molar-refractivity contribution is -0.138. The van der Waals surface area contributed by atoms with E-state index in [1.165, 1.54) is 6.07 Å². The van der Waals surface area contributed by atoms with Crippen LogP contribution in [0.4, 0.5) is 4.39 Å². The Balaban J connectivity index is 1.64. The van der Waals surface area contributed by atoms with Crippen LogP contribution in [0.25, 0.3) is 0 Å². The number of nitrogens with one attached hydrogen (secondary N) is 1. The summed E-state index contributed by atoms with van der Waals surface area (Å²) in [6.45, 7) is 5.59. The molecule has 1 aromatic carbocycles. The SMILES string of the molecule is COCCC(=O)N[C@H]1C(C)(C)[C@@H]2C[C@@H]3[C@@H](c4ccccc4F)OCCC31C2. The van der Waals surface area contributed by atoms with Crippen LogP contribution in [0.3, 0.4) is 0 Å². The normalized spacial score (nSPS) is 36.4. The fourth-order valence-electron chi connectivity index (χ4n) is 6.23. The first-order valence-electron chi connectivity index (χ1n) is 10.0. The van der Waals surface area contributed by atoms with Gasteiger partial charge in [-0.1, -0.05) is 32.0 Å². The van der Waals surface area contributed by atoms with E-state index in [9.17, 15) is 9.18 Å². The van der Waals surface area contributed by atoms with E-state index in [1.54, 1.807) is 13.2 Å². The van der Waals surface area contributed by atoms with Gasteiger partial charge in [0.15, 0.2) is 0 Å². The van der Waals surface area contributed by atoms with Crippen molar-refractivity contribution in [2.24, 2.45) is 22.7 Å². The Hall–Kier alpha value is -1.46. The molecular formula is C22H30FNO3. The number of hydrogen-bond acceptors (Lipinski definition) is 3. The lowest BCUT2D eigenvalue weighted by atomic mass is 9.58. The average Bonchev–Trinajstić information content (AvgIpc) is 3.13. The predicted octanol–water partition coefficient (Wildman–Crippen LogP) is 3.86. The summed E-state index contributed by atoms with van der Waals surface area (Å²) in [6.07, 6.45) is 3.21. The molecule has 4 rings (SSSR count). The summed E-state index contributed by atoms with van der Waals surface area (Å²) in [7, 11) is 1.61. The Bertz CT molecular complexity index is 721. The molecule has 0 radical (unpaired) electrons. The second-order valence-electron chi connectivity index (χ2n) is 9.10. The maximum atomic E-state index is 14.5. The van der Waals surface area contributed by atoms with Gasteiger partial charge in [0.1, 0.15) is 5.82 Å². The predicted molar refractivity (Wildman–Crippen MR) is 101 cm³/mol. The number of fused-ring (bicyclic) bond motifs is 1. The van der Waals surface area contributed by atoms with Crippen molar-refractivity contribution in [2.45, 2.75) is 51.7 Å². The van der Waals surface area contributed by atoms with Gasteiger partial charge in [0, 0.05) is 31.7 Å². The van der Waals surface area contributed by atoms with Crippen molar-refractivity contribution in [3.8, 4) is 0 Å². The summed E-state index contributed by atoms with van der Waals surface area (Å²) in [5.41, 5.74) is 0.690. The van der Waals surface area contributed by atoms with Crippen LogP contribution < -0.4 is 5.32 Å². The third kappa shape index (κ3) is 2.90. The first kappa shape index (κ1) is 18.9. The van der Waals surface area contributed by atoms with E-state index in [0.717, 1.165) is 19.3 Å². The van der Waals surface area contributed by atoms with Crippen LogP contribution in [0.15, 0.2) is 24.3 Å². The minimum Gasteiger partial charge on any atom is -0.384 e. The zero-order valence-electron chi connectivity index (χ0n) is 16.5. The van der Waals surface area contributed by atoms with Gasteiger partial charge in [-0.25, -0.2) is 4.39 Å². The van der Waals surface area contributed by atoms with Gasteiger partial charge in [-0.05, 0) is 48.0 Å². The number of hydrogen-bond donors (Lipinski definition) is 1. The number of carbonyl (C=O) groups excluding carboxylic acids is 1. The van der Waals surface area contributed by atoms with Crippen LogP contribution in [-0.2, 0) is 14.3 Å². The van der Waals surface area contributed by atoms with E-state index >= 15 is 0 Å². The van der Waals surface area contributed by atoms with Gasteiger partial charge in [0.2, 0.25) is 5.91 Å². The monoisotopic (exact) mass is 375 g/mol. The van der Waals surface area contributed by atoms with E-state index in [4.69, 9.17) is 9.47 Å². The molecule has 0 aromatic heterocycles. The first-order valence-corrected chi connectivity index (χ1v) is 10.0. The summed E-state index contributed by atoms with van der Waals surface area (Å²) in [6, 6.07) is 7.06. The quantitative estimate of drug-likeness (QED) is 0.850. The smallest absolute Gasteiger partial charge is 0.222 e. The van der Waals surface area contributed by atoms with Crippen molar-refractivity contribution in [3.63, 3.8) is 0 Å². The van der Waals surface area contributed by atoms with Crippen molar-refractivity contribution in [3.05, 3.63) is 35.6 Å². The fourth-order valence-corrected chi connectivity index (χ4v) is 6.23. The number of ether oxygens (including phenoxy) is 2. The highest BCUT2D eigenvalue weighted by atomic mass is 19.1. The minimum absolute atomic E-state index is 0.0118. The van der Waals surface area contributed by atoms with E-state index in [1.807, 2.05) is 12.1 Å². The van der Waals surface area contributed by atoms with Gasteiger partial charge in [-0.2, -0.15) is 0 Å². The van der Waals surface area contributed by atoms with E-state index in [2.05, 4.69) is 19.2 Å². The fraction of sp³-hybridized carbons (Fsp3) is 0.682. The number of halogens is 1. The molecule has 1 spiro atoms. The molecule has 3 aliphatic rings. The maximum absolute atomic E-state index is 14.5. The van der Waals surface area contributed by atoms with Crippen molar-refractivity contribution in [2.75, 3.05) is 20.3 Å². The molecule has 5 heteroatoms. The number of carbonyl (C=O) groups is 1. The zero-order chi connectivity index (χ0) is 19.2. The molecule has 3 fully saturated rings. The third-order valence-electron chi connectivity index (χ3n) is 7.56. The molecule has 1 unspecified atom stereocenters. The molecule has 5 atom stereocenters. The summed E-state index contributed by atoms with van der Waals surface area (Å²) < 4.78 is 25.7. The summed E-state index contributed by atoms with van der Waals surface area (Å²) >= 11 is 0. The van der Waals surface area contributed by atoms with E-state index in [-0.39, 0.29) is 40.6 Å². The van der Waals surface area contributed by atoms with Gasteiger partial charge in [-0.15, -0.1) is 0 Å². The average molecular weight is 375 g/mol. The Kier molecular flexibility index (Phi) is 4.79. The zero-order valence-corrected chi connectivity index (χ0v) is 16.5. The summed E-state index contributed by atoms with van der Waals surface area (Å²) in [5, 5.41) is 3.34. The second-order valence-corrected chi connectivity index (χ2v) is 9.10. The minimum atomic E-state index is -0.223. The number of rotatable bonds is 5. The highest BCUT2D eigenvalue weighted by molar-refractivity contribution is 5.76. The molecule has 148 valence electrons. The Morgan fingerprint density at radius 2 is 2.15 bits per heavy atom. The highest BCUT2D eigenvalue weighted by Gasteiger charge is 2.68. The Labute approximate surface area is 160 Å². The van der Waals surface area contributed by atoms with Crippen LogP contribution in [-0.4, -0.2) is 32.3 Å². The maximum Gasteiger partial charge on any atom is 0.222 e. The lowest BCUT2D eigenvalue weighted by Gasteiger charge is -2.53. The van der Waals surface area contributed by atoms with Crippen LogP contribution in [0.2, 0.25) is 0 Å². The molecular weight excluding hydrogens is 345 g/mol. The molecule has 27 heavy (non-hydrogen) atoms. The summed E-state index contributed by atoms with van der Waals surface area (Å²) in [4.78, 5) is 12.5. The number of amides is 1. The van der Waals surface area contributed by atoms with Crippen molar-refractivity contribution in [1.82, 2.24) is 5.32 Å². The van der Waals surface area contributed by atoms with E-state index in [0.29, 0.717) is 31.1 Å². The molecule has 2 saturated carbocycles. The molecule has 1 N–H and O–H groups in total. The topological polar surface area (TPSA) is 47.6 Å². The number of benzene rings is 1.